The molecule has 2 rings (SSSR count). The van der Waals surface area contributed by atoms with Gasteiger partial charge in [0.2, 0.25) is 0 Å². The molecule has 0 saturated carbocycles. The zero-order valence-electron chi connectivity index (χ0n) is 10.1. The molecule has 0 aliphatic heterocycles. The first-order valence-electron chi connectivity index (χ1n) is 5.64. The van der Waals surface area contributed by atoms with Gasteiger partial charge in [-0.05, 0) is 19.1 Å². The highest BCUT2D eigenvalue weighted by Crippen LogP contribution is 2.21. The molecular formula is C13H17N3O. The molecule has 0 fully saturated rings. The Hall–Kier alpha value is -1.81. The van der Waals surface area contributed by atoms with Crippen LogP contribution in [0.4, 0.5) is 5.69 Å². The van der Waals surface area contributed by atoms with Crippen LogP contribution < -0.4 is 5.32 Å². The van der Waals surface area contributed by atoms with Gasteiger partial charge in [-0.3, -0.25) is 5.10 Å². The average molecular weight is 231 g/mol. The minimum atomic E-state index is 0.190. The third-order valence-corrected chi connectivity index (χ3v) is 2.68. The highest BCUT2D eigenvalue weighted by molar-refractivity contribution is 5.51. The van der Waals surface area contributed by atoms with Gasteiger partial charge in [0.05, 0.1) is 18.3 Å². The monoisotopic (exact) mass is 231 g/mol. The Morgan fingerprint density at radius 2 is 2.18 bits per heavy atom. The third kappa shape index (κ3) is 2.85. The van der Waals surface area contributed by atoms with Crippen molar-refractivity contribution in [1.82, 2.24) is 10.2 Å². The number of rotatable bonds is 5. The van der Waals surface area contributed by atoms with Gasteiger partial charge in [0.25, 0.3) is 0 Å². The lowest BCUT2D eigenvalue weighted by Gasteiger charge is -2.16. The number of methoxy groups -OCH3 is 1. The van der Waals surface area contributed by atoms with E-state index < -0.39 is 0 Å². The Kier molecular flexibility index (Phi) is 3.77. The summed E-state index contributed by atoms with van der Waals surface area (Å²) in [6.45, 7) is 2.70. The van der Waals surface area contributed by atoms with E-state index in [1.165, 1.54) is 0 Å². The van der Waals surface area contributed by atoms with Crippen LogP contribution in [0.5, 0.6) is 0 Å². The molecule has 1 aromatic heterocycles. The van der Waals surface area contributed by atoms with Crippen LogP contribution in [0, 0.1) is 0 Å². The normalized spacial score (nSPS) is 12.4. The van der Waals surface area contributed by atoms with Crippen LogP contribution in [0.1, 0.15) is 24.2 Å². The lowest BCUT2D eigenvalue weighted by molar-refractivity contribution is 0.185. The van der Waals surface area contributed by atoms with Crippen molar-refractivity contribution in [1.29, 1.82) is 0 Å². The van der Waals surface area contributed by atoms with Gasteiger partial charge in [0, 0.05) is 24.6 Å². The van der Waals surface area contributed by atoms with E-state index in [1.54, 1.807) is 13.3 Å². The van der Waals surface area contributed by atoms with Gasteiger partial charge in [-0.15, -0.1) is 0 Å². The first-order chi connectivity index (χ1) is 8.31. The van der Waals surface area contributed by atoms with E-state index in [0.717, 1.165) is 16.9 Å². The number of para-hydroxylation sites is 1. The van der Waals surface area contributed by atoms with Crippen molar-refractivity contribution in [2.45, 2.75) is 19.6 Å². The molecule has 0 bridgehead atoms. The fraction of sp³-hybridized carbons (Fsp3) is 0.308. The van der Waals surface area contributed by atoms with Crippen molar-refractivity contribution in [2.75, 3.05) is 12.4 Å². The molecule has 0 aliphatic rings. The van der Waals surface area contributed by atoms with E-state index in [4.69, 9.17) is 4.74 Å². The maximum atomic E-state index is 5.18. The summed E-state index contributed by atoms with van der Waals surface area (Å²) in [6.07, 6.45) is 1.76. The molecule has 0 radical (unpaired) electrons. The zero-order valence-corrected chi connectivity index (χ0v) is 10.1. The van der Waals surface area contributed by atoms with Crippen LogP contribution in [0.15, 0.2) is 36.5 Å². The third-order valence-electron chi connectivity index (χ3n) is 2.68. The summed E-state index contributed by atoms with van der Waals surface area (Å²) >= 11 is 0. The number of aromatic amines is 1. The van der Waals surface area contributed by atoms with Gasteiger partial charge in [-0.25, -0.2) is 0 Å². The molecule has 1 aromatic carbocycles. The number of H-pyrrole nitrogens is 1. The molecule has 0 saturated heterocycles. The van der Waals surface area contributed by atoms with Crippen LogP contribution in [0.3, 0.4) is 0 Å². The van der Waals surface area contributed by atoms with Crippen LogP contribution in [0.2, 0.25) is 0 Å². The molecule has 1 unspecified atom stereocenters. The zero-order chi connectivity index (χ0) is 12.1. The van der Waals surface area contributed by atoms with Crippen LogP contribution in [-0.2, 0) is 11.3 Å². The van der Waals surface area contributed by atoms with Crippen molar-refractivity contribution in [3.63, 3.8) is 0 Å². The minimum Gasteiger partial charge on any atom is -0.380 e. The van der Waals surface area contributed by atoms with Gasteiger partial charge in [0.15, 0.2) is 0 Å². The second kappa shape index (κ2) is 5.50. The lowest BCUT2D eigenvalue weighted by Crippen LogP contribution is -2.09. The predicted molar refractivity (Wildman–Crippen MR) is 67.8 cm³/mol. The molecule has 0 amide bonds. The Labute approximate surface area is 101 Å². The van der Waals surface area contributed by atoms with Crippen LogP contribution >= 0.6 is 0 Å². The summed E-state index contributed by atoms with van der Waals surface area (Å²) in [5.74, 6) is 0. The number of anilines is 1. The second-order valence-corrected chi connectivity index (χ2v) is 3.97. The largest absolute Gasteiger partial charge is 0.380 e. The van der Waals surface area contributed by atoms with Crippen molar-refractivity contribution in [3.05, 3.63) is 47.8 Å². The molecule has 90 valence electrons. The molecular weight excluding hydrogens is 214 g/mol. The van der Waals surface area contributed by atoms with Gasteiger partial charge in [-0.2, -0.15) is 5.10 Å². The number of ether oxygens (including phenoxy) is 1. The van der Waals surface area contributed by atoms with Crippen molar-refractivity contribution < 1.29 is 4.74 Å². The van der Waals surface area contributed by atoms with E-state index in [2.05, 4.69) is 34.6 Å². The minimum absolute atomic E-state index is 0.190. The summed E-state index contributed by atoms with van der Waals surface area (Å²) in [4.78, 5) is 0. The van der Waals surface area contributed by atoms with Gasteiger partial charge >= 0.3 is 0 Å². The highest BCUT2D eigenvalue weighted by atomic mass is 16.5. The molecule has 1 atom stereocenters. The molecule has 0 aliphatic carbocycles. The fourth-order valence-corrected chi connectivity index (χ4v) is 1.76. The number of hydrogen-bond acceptors (Lipinski definition) is 3. The topological polar surface area (TPSA) is 49.9 Å². The van der Waals surface area contributed by atoms with Gasteiger partial charge in [0.1, 0.15) is 0 Å². The summed E-state index contributed by atoms with van der Waals surface area (Å²) in [7, 11) is 1.70. The number of aromatic nitrogens is 2. The molecule has 0 spiro atoms. The van der Waals surface area contributed by atoms with Crippen LogP contribution in [-0.4, -0.2) is 17.3 Å². The standard InChI is InChI=1S/C13H17N3O/c1-10(12-7-8-14-16-12)15-13-6-4-3-5-11(13)9-17-2/h3-8,10,15H,9H2,1-2H3,(H,14,16). The molecule has 4 heteroatoms. The fourth-order valence-electron chi connectivity index (χ4n) is 1.76. The molecule has 17 heavy (non-hydrogen) atoms. The number of nitrogens with one attached hydrogen (secondary N) is 2. The number of benzene rings is 1. The average Bonchev–Trinajstić information content (AvgIpc) is 2.85. The Morgan fingerprint density at radius 1 is 1.35 bits per heavy atom. The van der Waals surface area contributed by atoms with E-state index in [1.807, 2.05) is 18.2 Å². The molecule has 1 heterocycles. The first-order valence-corrected chi connectivity index (χ1v) is 5.64. The maximum Gasteiger partial charge on any atom is 0.0733 e. The van der Waals surface area contributed by atoms with Crippen molar-refractivity contribution in [3.8, 4) is 0 Å². The molecule has 2 aromatic rings. The van der Waals surface area contributed by atoms with E-state index in [-0.39, 0.29) is 6.04 Å². The van der Waals surface area contributed by atoms with E-state index >= 15 is 0 Å². The van der Waals surface area contributed by atoms with E-state index in [9.17, 15) is 0 Å². The maximum absolute atomic E-state index is 5.18. The van der Waals surface area contributed by atoms with Crippen LogP contribution in [0.25, 0.3) is 0 Å². The molecule has 4 nitrogen and oxygen atoms in total. The lowest BCUT2D eigenvalue weighted by atomic mass is 10.1. The summed E-state index contributed by atoms with van der Waals surface area (Å²) in [6, 6.07) is 10.3. The number of nitrogens with zero attached hydrogens (tertiary/aromatic N) is 1. The van der Waals surface area contributed by atoms with Crippen molar-refractivity contribution in [2.24, 2.45) is 0 Å². The van der Waals surface area contributed by atoms with Gasteiger partial charge in [-0.1, -0.05) is 18.2 Å². The number of hydrogen-bond donors (Lipinski definition) is 2. The highest BCUT2D eigenvalue weighted by Gasteiger charge is 2.08. The Balaban J connectivity index is 2.12. The van der Waals surface area contributed by atoms with Gasteiger partial charge < -0.3 is 10.1 Å². The van der Waals surface area contributed by atoms with Crippen molar-refractivity contribution >= 4 is 5.69 Å². The summed E-state index contributed by atoms with van der Waals surface area (Å²) in [5, 5.41) is 10.4. The first kappa shape index (κ1) is 11.7. The Morgan fingerprint density at radius 3 is 2.88 bits per heavy atom. The smallest absolute Gasteiger partial charge is 0.0733 e. The predicted octanol–water partition coefficient (Wildman–Crippen LogP) is 2.73. The Bertz CT molecular complexity index is 453. The second-order valence-electron chi connectivity index (χ2n) is 3.97. The summed E-state index contributed by atoms with van der Waals surface area (Å²) < 4.78 is 5.18. The van der Waals surface area contributed by atoms with E-state index in [0.29, 0.717) is 6.61 Å². The summed E-state index contributed by atoms with van der Waals surface area (Å²) in [5.41, 5.74) is 3.31. The quantitative estimate of drug-likeness (QED) is 0.831. The SMILES string of the molecule is COCc1ccccc1NC(C)c1ccn[nH]1. The molecule has 2 N–H and O–H groups in total.